The molecule has 11 heavy (non-hydrogen) atoms. The summed E-state index contributed by atoms with van der Waals surface area (Å²) in [4.78, 5) is 12.9. The van der Waals surface area contributed by atoms with Crippen molar-refractivity contribution < 1.29 is 9.00 Å². The van der Waals surface area contributed by atoms with E-state index in [1.807, 2.05) is 0 Å². The summed E-state index contributed by atoms with van der Waals surface area (Å²) in [6.07, 6.45) is 3.68. The predicted octanol–water partition coefficient (Wildman–Crippen LogP) is 0.335. The molecule has 0 aliphatic carbocycles. The van der Waals surface area contributed by atoms with Gasteiger partial charge in [-0.2, -0.15) is 0 Å². The molecule has 1 amide bonds. The molecule has 2 aliphatic rings. The van der Waals surface area contributed by atoms with Crippen molar-refractivity contribution in [3.8, 4) is 0 Å². The van der Waals surface area contributed by atoms with Gasteiger partial charge in [-0.25, -0.2) is 0 Å². The topological polar surface area (TPSA) is 37.4 Å². The molecule has 2 heterocycles. The monoisotopic (exact) mass is 169 g/mol. The van der Waals surface area contributed by atoms with Gasteiger partial charge in [0.25, 0.3) is 0 Å². The van der Waals surface area contributed by atoms with Crippen molar-refractivity contribution in [1.82, 2.24) is 4.90 Å². The van der Waals surface area contributed by atoms with Crippen LogP contribution in [0.3, 0.4) is 0 Å². The van der Waals surface area contributed by atoms with E-state index in [4.69, 9.17) is 0 Å². The lowest BCUT2D eigenvalue weighted by Gasteiger charge is -2.39. The Labute approximate surface area is 66.8 Å². The average molecular weight is 169 g/mol. The normalized spacial score (nSPS) is 35.1. The summed E-state index contributed by atoms with van der Waals surface area (Å²) in [7, 11) is -1.07. The number of amides is 1. The molecular weight excluding hydrogens is 162 g/mol. The number of nitrogens with zero attached hydrogens (tertiary/aromatic N) is 1. The van der Waals surface area contributed by atoms with E-state index in [2.05, 4.69) is 6.58 Å². The van der Waals surface area contributed by atoms with Crippen LogP contribution in [0.5, 0.6) is 0 Å². The molecule has 0 radical (unpaired) electrons. The molecular formula is C7H7NO2S. The Morgan fingerprint density at radius 3 is 3.09 bits per heavy atom. The number of fused-ring (bicyclic) bond motifs is 1. The zero-order chi connectivity index (χ0) is 8.01. The third-order valence-corrected chi connectivity index (χ3v) is 3.41. The van der Waals surface area contributed by atoms with Crippen molar-refractivity contribution in [2.75, 3.05) is 0 Å². The third-order valence-electron chi connectivity index (χ3n) is 1.87. The Hall–Kier alpha value is -0.900. The maximum absolute atomic E-state index is 11.3. The number of β-lactam (4-membered cyclic amide) rings is 1. The number of carbonyl (C=O) groups excluding carboxylic acids is 1. The van der Waals surface area contributed by atoms with Crippen LogP contribution in [0.1, 0.15) is 6.42 Å². The summed E-state index contributed by atoms with van der Waals surface area (Å²) < 4.78 is 11.3. The second-order valence-electron chi connectivity index (χ2n) is 2.54. The van der Waals surface area contributed by atoms with Gasteiger partial charge in [-0.15, -0.1) is 0 Å². The third kappa shape index (κ3) is 0.790. The molecule has 1 saturated heterocycles. The summed E-state index contributed by atoms with van der Waals surface area (Å²) in [5.74, 6) is 0.0482. The van der Waals surface area contributed by atoms with Gasteiger partial charge in [0.2, 0.25) is 5.91 Å². The van der Waals surface area contributed by atoms with Crippen LogP contribution in [0.4, 0.5) is 0 Å². The Morgan fingerprint density at radius 2 is 2.45 bits per heavy atom. The molecule has 0 spiro atoms. The van der Waals surface area contributed by atoms with Gasteiger partial charge < -0.3 is 4.90 Å². The highest BCUT2D eigenvalue weighted by atomic mass is 32.2. The van der Waals surface area contributed by atoms with E-state index in [-0.39, 0.29) is 11.3 Å². The molecule has 1 fully saturated rings. The van der Waals surface area contributed by atoms with Crippen LogP contribution in [-0.4, -0.2) is 20.4 Å². The van der Waals surface area contributed by atoms with E-state index in [0.717, 1.165) is 0 Å². The van der Waals surface area contributed by atoms with E-state index < -0.39 is 10.8 Å². The van der Waals surface area contributed by atoms with Crippen molar-refractivity contribution in [2.24, 2.45) is 0 Å². The van der Waals surface area contributed by atoms with Crippen molar-refractivity contribution in [3.05, 3.63) is 23.8 Å². The number of hydrogen-bond acceptors (Lipinski definition) is 2. The lowest BCUT2D eigenvalue weighted by atomic mass is 10.2. The highest BCUT2D eigenvalue weighted by Crippen LogP contribution is 2.29. The minimum absolute atomic E-state index is 0.0482. The maximum atomic E-state index is 11.3. The van der Waals surface area contributed by atoms with Gasteiger partial charge in [-0.05, 0) is 6.08 Å². The number of hydrogen-bond donors (Lipinski definition) is 0. The molecule has 2 aliphatic heterocycles. The summed E-state index contributed by atoms with van der Waals surface area (Å²) in [6, 6.07) is 0. The maximum Gasteiger partial charge on any atom is 0.230 e. The SMILES string of the molecule is C=C1C=CN2C(=O)C[C@@H]2S1=O. The molecule has 2 atom stereocenters. The molecule has 0 aromatic rings. The summed E-state index contributed by atoms with van der Waals surface area (Å²) in [6.45, 7) is 3.61. The minimum Gasteiger partial charge on any atom is -0.303 e. The largest absolute Gasteiger partial charge is 0.303 e. The highest BCUT2D eigenvalue weighted by molar-refractivity contribution is 7.90. The Kier molecular flexibility index (Phi) is 1.26. The first-order chi connectivity index (χ1) is 5.20. The van der Waals surface area contributed by atoms with Gasteiger partial charge in [0.05, 0.1) is 17.2 Å². The first kappa shape index (κ1) is 6.79. The fraction of sp³-hybridized carbons (Fsp3) is 0.286. The van der Waals surface area contributed by atoms with E-state index in [1.54, 1.807) is 12.3 Å². The van der Waals surface area contributed by atoms with Crippen LogP contribution in [0.25, 0.3) is 0 Å². The first-order valence-corrected chi connectivity index (χ1v) is 4.50. The van der Waals surface area contributed by atoms with Crippen molar-refractivity contribution in [3.63, 3.8) is 0 Å². The molecule has 3 nitrogen and oxygen atoms in total. The second kappa shape index (κ2) is 2.04. The Balaban J connectivity index is 2.34. The van der Waals surface area contributed by atoms with Gasteiger partial charge in [0.1, 0.15) is 5.37 Å². The summed E-state index contributed by atoms with van der Waals surface area (Å²) in [5, 5.41) is -0.125. The van der Waals surface area contributed by atoms with E-state index in [0.29, 0.717) is 11.3 Å². The van der Waals surface area contributed by atoms with Crippen LogP contribution >= 0.6 is 0 Å². The van der Waals surface area contributed by atoms with Crippen LogP contribution in [0.15, 0.2) is 23.8 Å². The highest BCUT2D eigenvalue weighted by Gasteiger charge is 2.41. The van der Waals surface area contributed by atoms with Crippen molar-refractivity contribution in [1.29, 1.82) is 0 Å². The van der Waals surface area contributed by atoms with E-state index in [1.165, 1.54) is 4.90 Å². The Morgan fingerprint density at radius 1 is 1.73 bits per heavy atom. The van der Waals surface area contributed by atoms with E-state index >= 15 is 0 Å². The van der Waals surface area contributed by atoms with Crippen LogP contribution < -0.4 is 0 Å². The lowest BCUT2D eigenvalue weighted by molar-refractivity contribution is -0.137. The van der Waals surface area contributed by atoms with Crippen molar-refractivity contribution >= 4 is 16.7 Å². The molecule has 2 rings (SSSR count). The summed E-state index contributed by atoms with van der Waals surface area (Å²) in [5.41, 5.74) is 0. The molecule has 0 aromatic heterocycles. The summed E-state index contributed by atoms with van der Waals surface area (Å²) >= 11 is 0. The lowest BCUT2D eigenvalue weighted by Crippen LogP contribution is -2.52. The molecule has 0 N–H and O–H groups in total. The van der Waals surface area contributed by atoms with Gasteiger partial charge in [-0.3, -0.25) is 9.00 Å². The van der Waals surface area contributed by atoms with Gasteiger partial charge in [0.15, 0.2) is 0 Å². The van der Waals surface area contributed by atoms with Gasteiger partial charge >= 0.3 is 0 Å². The van der Waals surface area contributed by atoms with E-state index in [9.17, 15) is 9.00 Å². The molecule has 1 unspecified atom stereocenters. The van der Waals surface area contributed by atoms with Gasteiger partial charge in [0, 0.05) is 11.1 Å². The van der Waals surface area contributed by atoms with Gasteiger partial charge in [-0.1, -0.05) is 6.58 Å². The minimum atomic E-state index is -1.07. The van der Waals surface area contributed by atoms with Crippen LogP contribution in [0.2, 0.25) is 0 Å². The van der Waals surface area contributed by atoms with Crippen molar-refractivity contribution in [2.45, 2.75) is 11.8 Å². The average Bonchev–Trinajstić information content (AvgIpc) is 1.96. The zero-order valence-corrected chi connectivity index (χ0v) is 6.63. The standard InChI is InChI=1S/C7H7NO2S/c1-5-2-3-8-6(9)4-7(8)11(5)10/h2-3,7H,1,4H2/t7-,11?/m0/s1. The predicted molar refractivity (Wildman–Crippen MR) is 41.7 cm³/mol. The molecule has 0 bridgehead atoms. The molecule has 0 aromatic carbocycles. The smallest absolute Gasteiger partial charge is 0.230 e. The molecule has 0 saturated carbocycles. The number of carbonyl (C=O) groups is 1. The quantitative estimate of drug-likeness (QED) is 0.490. The van der Waals surface area contributed by atoms with Crippen LogP contribution in [0, 0.1) is 0 Å². The number of allylic oxidation sites excluding steroid dienone is 1. The molecule has 58 valence electrons. The first-order valence-electron chi connectivity index (χ1n) is 3.29. The zero-order valence-electron chi connectivity index (χ0n) is 5.82. The number of rotatable bonds is 0. The molecule has 4 heteroatoms. The van der Waals surface area contributed by atoms with Crippen LogP contribution in [-0.2, 0) is 15.6 Å². The fourth-order valence-electron chi connectivity index (χ4n) is 1.16. The fourth-order valence-corrected chi connectivity index (χ4v) is 2.40. The Bertz CT molecular complexity index is 295. The second-order valence-corrected chi connectivity index (χ2v) is 4.20.